The molecule has 0 amide bonds. The molecule has 0 heterocycles. The van der Waals surface area contributed by atoms with Gasteiger partial charge >= 0.3 is 6.18 Å². The number of hydrogen-bond donors (Lipinski definition) is 1. The van der Waals surface area contributed by atoms with Crippen molar-refractivity contribution in [3.8, 4) is 5.75 Å². The maximum absolute atomic E-state index is 11.8. The molecule has 1 N–H and O–H groups in total. The van der Waals surface area contributed by atoms with Crippen LogP contribution in [0.25, 0.3) is 0 Å². The van der Waals surface area contributed by atoms with Crippen LogP contribution in [0, 0.1) is 0 Å². The maximum Gasteiger partial charge on any atom is 0.411 e. The van der Waals surface area contributed by atoms with Gasteiger partial charge in [-0.1, -0.05) is 26.0 Å². The van der Waals surface area contributed by atoms with Crippen LogP contribution in [-0.2, 0) is 11.3 Å². The molecule has 0 aliphatic heterocycles. The molecule has 0 unspecified atom stereocenters. The molecule has 0 fully saturated rings. The average molecular weight is 305 g/mol. The van der Waals surface area contributed by atoms with Crippen LogP contribution < -0.4 is 10.1 Å². The number of benzene rings is 1. The summed E-state index contributed by atoms with van der Waals surface area (Å²) in [5.41, 5.74) is 1.16. The Morgan fingerprint density at radius 3 is 2.33 bits per heavy atom. The van der Waals surface area contributed by atoms with Crippen molar-refractivity contribution in [1.29, 1.82) is 0 Å². The van der Waals surface area contributed by atoms with E-state index in [2.05, 4.69) is 23.9 Å². The highest BCUT2D eigenvalue weighted by atomic mass is 19.4. The van der Waals surface area contributed by atoms with E-state index in [1.165, 1.54) is 0 Å². The fraction of sp³-hybridized carbons (Fsp3) is 0.600. The average Bonchev–Trinajstić information content (AvgIpc) is 2.40. The van der Waals surface area contributed by atoms with Crippen LogP contribution in [0.4, 0.5) is 13.2 Å². The first-order chi connectivity index (χ1) is 9.87. The Hall–Kier alpha value is -1.27. The molecule has 0 radical (unpaired) electrons. The Bertz CT molecular complexity index is 391. The molecule has 6 heteroatoms. The zero-order valence-corrected chi connectivity index (χ0v) is 12.4. The summed E-state index contributed by atoms with van der Waals surface area (Å²) in [6.07, 6.45) is -3.84. The minimum Gasteiger partial charge on any atom is -0.494 e. The smallest absolute Gasteiger partial charge is 0.411 e. The molecule has 0 aliphatic rings. The Balaban J connectivity index is 2.15. The monoisotopic (exact) mass is 305 g/mol. The van der Waals surface area contributed by atoms with Crippen LogP contribution >= 0.6 is 0 Å². The normalized spacial score (nSPS) is 11.9. The van der Waals surface area contributed by atoms with Gasteiger partial charge in [0.15, 0.2) is 0 Å². The summed E-state index contributed by atoms with van der Waals surface area (Å²) in [6.45, 7) is 4.13. The van der Waals surface area contributed by atoms with Crippen molar-refractivity contribution in [3.05, 3.63) is 29.8 Å². The zero-order chi connectivity index (χ0) is 15.7. The predicted molar refractivity (Wildman–Crippen MR) is 75.4 cm³/mol. The lowest BCUT2D eigenvalue weighted by atomic mass is 10.2. The predicted octanol–water partition coefficient (Wildman–Crippen LogP) is 3.53. The van der Waals surface area contributed by atoms with Gasteiger partial charge < -0.3 is 14.8 Å². The second-order valence-electron chi connectivity index (χ2n) is 5.05. The van der Waals surface area contributed by atoms with Crippen LogP contribution in [0.2, 0.25) is 0 Å². The van der Waals surface area contributed by atoms with Gasteiger partial charge in [0.1, 0.15) is 12.4 Å². The molecule has 1 aromatic carbocycles. The van der Waals surface area contributed by atoms with Gasteiger partial charge in [-0.3, -0.25) is 0 Å². The summed E-state index contributed by atoms with van der Waals surface area (Å²) in [4.78, 5) is 0. The van der Waals surface area contributed by atoms with Crippen molar-refractivity contribution >= 4 is 0 Å². The van der Waals surface area contributed by atoms with Crippen LogP contribution in [-0.4, -0.2) is 32.0 Å². The minimum absolute atomic E-state index is 0.0376. The van der Waals surface area contributed by atoms with E-state index in [1.807, 2.05) is 24.3 Å². The van der Waals surface area contributed by atoms with E-state index in [-0.39, 0.29) is 6.61 Å². The summed E-state index contributed by atoms with van der Waals surface area (Å²) in [6, 6.07) is 8.06. The topological polar surface area (TPSA) is 30.5 Å². The quantitative estimate of drug-likeness (QED) is 0.708. The Labute approximate surface area is 123 Å². The van der Waals surface area contributed by atoms with Gasteiger partial charge in [0.2, 0.25) is 0 Å². The van der Waals surface area contributed by atoms with E-state index < -0.39 is 12.8 Å². The van der Waals surface area contributed by atoms with Gasteiger partial charge in [0.25, 0.3) is 0 Å². The van der Waals surface area contributed by atoms with Gasteiger partial charge in [-0.15, -0.1) is 0 Å². The van der Waals surface area contributed by atoms with Gasteiger partial charge in [-0.25, -0.2) is 0 Å². The Morgan fingerprint density at radius 1 is 1.10 bits per heavy atom. The molecule has 0 atom stereocenters. The van der Waals surface area contributed by atoms with Crippen molar-refractivity contribution in [1.82, 2.24) is 5.32 Å². The molecule has 0 aliphatic carbocycles. The van der Waals surface area contributed by atoms with E-state index in [0.29, 0.717) is 24.8 Å². The number of alkyl halides is 3. The minimum atomic E-state index is -4.26. The van der Waals surface area contributed by atoms with Crippen LogP contribution in [0.3, 0.4) is 0 Å². The highest BCUT2D eigenvalue weighted by Gasteiger charge is 2.27. The second-order valence-corrected chi connectivity index (χ2v) is 5.05. The second kappa shape index (κ2) is 8.89. The third-order valence-electron chi connectivity index (χ3n) is 2.61. The standard InChI is InChI=1S/C15H22F3NO2/c1-12(2)19-10-13-4-6-14(7-5-13)21-9-3-8-20-11-15(16,17)18/h4-7,12,19H,3,8-11H2,1-2H3. The fourth-order valence-corrected chi connectivity index (χ4v) is 1.56. The zero-order valence-electron chi connectivity index (χ0n) is 12.4. The number of rotatable bonds is 9. The van der Waals surface area contributed by atoms with Crippen molar-refractivity contribution in [3.63, 3.8) is 0 Å². The molecule has 3 nitrogen and oxygen atoms in total. The number of halogens is 3. The van der Waals surface area contributed by atoms with Crippen molar-refractivity contribution in [2.45, 2.75) is 39.0 Å². The summed E-state index contributed by atoms with van der Waals surface area (Å²) < 4.78 is 45.4. The lowest BCUT2D eigenvalue weighted by molar-refractivity contribution is -0.174. The van der Waals surface area contributed by atoms with Gasteiger partial charge in [-0.2, -0.15) is 13.2 Å². The molecular formula is C15H22F3NO2. The van der Waals surface area contributed by atoms with Gasteiger partial charge in [-0.05, 0) is 17.7 Å². The fourth-order valence-electron chi connectivity index (χ4n) is 1.56. The summed E-state index contributed by atoms with van der Waals surface area (Å²) >= 11 is 0. The SMILES string of the molecule is CC(C)NCc1ccc(OCCCOCC(F)(F)F)cc1. The first kappa shape index (κ1) is 17.8. The van der Waals surface area contributed by atoms with E-state index >= 15 is 0 Å². The van der Waals surface area contributed by atoms with Crippen LogP contribution in [0.5, 0.6) is 5.75 Å². The van der Waals surface area contributed by atoms with Gasteiger partial charge in [0.05, 0.1) is 13.2 Å². The number of ether oxygens (including phenoxy) is 2. The Kier molecular flexibility index (Phi) is 7.53. The highest BCUT2D eigenvalue weighted by molar-refractivity contribution is 5.27. The molecule has 0 saturated heterocycles. The molecule has 0 bridgehead atoms. The molecule has 21 heavy (non-hydrogen) atoms. The largest absolute Gasteiger partial charge is 0.494 e. The van der Waals surface area contributed by atoms with Crippen molar-refractivity contribution in [2.75, 3.05) is 19.8 Å². The van der Waals surface area contributed by atoms with Crippen molar-refractivity contribution < 1.29 is 22.6 Å². The van der Waals surface area contributed by atoms with E-state index in [9.17, 15) is 13.2 Å². The first-order valence-electron chi connectivity index (χ1n) is 6.96. The molecule has 0 saturated carbocycles. The summed E-state index contributed by atoms with van der Waals surface area (Å²) in [5.74, 6) is 0.708. The van der Waals surface area contributed by atoms with Gasteiger partial charge in [0, 0.05) is 19.0 Å². The molecular weight excluding hydrogens is 283 g/mol. The van der Waals surface area contributed by atoms with Crippen LogP contribution in [0.1, 0.15) is 25.8 Å². The molecule has 1 aromatic rings. The third kappa shape index (κ3) is 9.31. The van der Waals surface area contributed by atoms with Crippen molar-refractivity contribution in [2.24, 2.45) is 0 Å². The Morgan fingerprint density at radius 2 is 1.76 bits per heavy atom. The molecule has 120 valence electrons. The lowest BCUT2D eigenvalue weighted by Gasteiger charge is -2.10. The van der Waals surface area contributed by atoms with E-state index in [1.54, 1.807) is 0 Å². The van der Waals surface area contributed by atoms with E-state index in [0.717, 1.165) is 12.1 Å². The lowest BCUT2D eigenvalue weighted by Crippen LogP contribution is -2.21. The maximum atomic E-state index is 11.8. The molecule has 0 aromatic heterocycles. The van der Waals surface area contributed by atoms with Crippen LogP contribution in [0.15, 0.2) is 24.3 Å². The third-order valence-corrected chi connectivity index (χ3v) is 2.61. The number of hydrogen-bond acceptors (Lipinski definition) is 3. The molecule has 1 rings (SSSR count). The summed E-state index contributed by atoms with van der Waals surface area (Å²) in [5, 5.41) is 3.31. The first-order valence-corrected chi connectivity index (χ1v) is 6.96. The summed E-state index contributed by atoms with van der Waals surface area (Å²) in [7, 11) is 0. The molecule has 0 spiro atoms. The number of nitrogens with one attached hydrogen (secondary N) is 1. The van der Waals surface area contributed by atoms with E-state index in [4.69, 9.17) is 4.74 Å². The highest BCUT2D eigenvalue weighted by Crippen LogP contribution is 2.15.